The highest BCUT2D eigenvalue weighted by Gasteiger charge is 2.26. The van der Waals surface area contributed by atoms with E-state index in [1.807, 2.05) is 30.3 Å². The van der Waals surface area contributed by atoms with Crippen molar-refractivity contribution >= 4 is 21.6 Å². The first-order valence-corrected chi connectivity index (χ1v) is 12.6. The number of hydrogen-bond acceptors (Lipinski definition) is 6. The number of sulfonamides is 1. The van der Waals surface area contributed by atoms with Crippen LogP contribution in [0, 0.1) is 0 Å². The molecule has 178 valence electrons. The SMILES string of the molecule is O=C(Nc1cccc(S(=O)(=O)N2CCOCC2)c1)c1ccccc1-c1ncc(-c2ccccc2)o1. The quantitative estimate of drug-likeness (QED) is 0.434. The van der Waals surface area contributed by atoms with E-state index in [-0.39, 0.29) is 4.90 Å². The van der Waals surface area contributed by atoms with E-state index in [0.717, 1.165) is 5.56 Å². The zero-order chi connectivity index (χ0) is 24.3. The molecule has 0 spiro atoms. The van der Waals surface area contributed by atoms with Gasteiger partial charge in [-0.2, -0.15) is 4.31 Å². The van der Waals surface area contributed by atoms with Crippen molar-refractivity contribution in [3.05, 3.63) is 90.6 Å². The second-order valence-corrected chi connectivity index (χ2v) is 9.88. The second kappa shape index (κ2) is 9.83. The number of amides is 1. The molecule has 0 unspecified atom stereocenters. The molecule has 5 rings (SSSR count). The van der Waals surface area contributed by atoms with E-state index in [0.29, 0.717) is 54.8 Å². The number of ether oxygens (including phenoxy) is 1. The second-order valence-electron chi connectivity index (χ2n) is 7.94. The van der Waals surface area contributed by atoms with E-state index in [2.05, 4.69) is 10.3 Å². The summed E-state index contributed by atoms with van der Waals surface area (Å²) >= 11 is 0. The van der Waals surface area contributed by atoms with E-state index in [9.17, 15) is 13.2 Å². The van der Waals surface area contributed by atoms with Gasteiger partial charge in [0.1, 0.15) is 0 Å². The summed E-state index contributed by atoms with van der Waals surface area (Å²) in [5.41, 5.74) is 2.14. The lowest BCUT2D eigenvalue weighted by atomic mass is 10.1. The number of morpholine rings is 1. The molecule has 1 amide bonds. The number of carbonyl (C=O) groups is 1. The summed E-state index contributed by atoms with van der Waals surface area (Å²) in [6.07, 6.45) is 1.62. The van der Waals surface area contributed by atoms with Gasteiger partial charge in [0, 0.05) is 29.9 Å². The Morgan fingerprint density at radius 2 is 1.66 bits per heavy atom. The number of nitrogens with zero attached hydrogens (tertiary/aromatic N) is 2. The van der Waals surface area contributed by atoms with Crippen LogP contribution in [0.2, 0.25) is 0 Å². The van der Waals surface area contributed by atoms with Gasteiger partial charge in [-0.3, -0.25) is 4.79 Å². The van der Waals surface area contributed by atoms with Crippen LogP contribution in [0.1, 0.15) is 10.4 Å². The largest absolute Gasteiger partial charge is 0.436 e. The van der Waals surface area contributed by atoms with E-state index in [4.69, 9.17) is 9.15 Å². The van der Waals surface area contributed by atoms with E-state index in [1.54, 1.807) is 42.6 Å². The van der Waals surface area contributed by atoms with Gasteiger partial charge in [0.2, 0.25) is 15.9 Å². The lowest BCUT2D eigenvalue weighted by Gasteiger charge is -2.26. The van der Waals surface area contributed by atoms with Crippen LogP contribution < -0.4 is 5.32 Å². The summed E-state index contributed by atoms with van der Waals surface area (Å²) in [5, 5.41) is 2.81. The van der Waals surface area contributed by atoms with Gasteiger partial charge in [-0.25, -0.2) is 13.4 Å². The van der Waals surface area contributed by atoms with Crippen molar-refractivity contribution < 1.29 is 22.4 Å². The first-order chi connectivity index (χ1) is 17.0. The van der Waals surface area contributed by atoms with Crippen molar-refractivity contribution in [2.45, 2.75) is 4.90 Å². The van der Waals surface area contributed by atoms with E-state index in [1.165, 1.54) is 16.4 Å². The molecule has 1 saturated heterocycles. The standard InChI is InChI=1S/C26H23N3O5S/c30-25(28-20-9-6-10-21(17-20)35(31,32)29-13-15-33-16-14-29)22-11-4-5-12-23(22)26-27-18-24(34-26)19-7-2-1-3-8-19/h1-12,17-18H,13-16H2,(H,28,30). The zero-order valence-electron chi connectivity index (χ0n) is 18.8. The molecule has 3 aromatic carbocycles. The van der Waals surface area contributed by atoms with Gasteiger partial charge >= 0.3 is 0 Å². The summed E-state index contributed by atoms with van der Waals surface area (Å²) in [6, 6.07) is 22.8. The fourth-order valence-electron chi connectivity index (χ4n) is 3.87. The molecule has 0 saturated carbocycles. The summed E-state index contributed by atoms with van der Waals surface area (Å²) in [5.74, 6) is 0.510. The Balaban J connectivity index is 1.39. The third kappa shape index (κ3) is 4.88. The molecule has 35 heavy (non-hydrogen) atoms. The molecule has 1 aromatic heterocycles. The van der Waals surface area contributed by atoms with Crippen LogP contribution in [0.4, 0.5) is 5.69 Å². The first-order valence-electron chi connectivity index (χ1n) is 11.1. The predicted molar refractivity (Wildman–Crippen MR) is 131 cm³/mol. The number of anilines is 1. The normalized spacial score (nSPS) is 14.5. The topological polar surface area (TPSA) is 102 Å². The smallest absolute Gasteiger partial charge is 0.256 e. The van der Waals surface area contributed by atoms with Crippen molar-refractivity contribution in [1.82, 2.24) is 9.29 Å². The number of nitrogens with one attached hydrogen (secondary N) is 1. The van der Waals surface area contributed by atoms with Crippen LogP contribution in [0.3, 0.4) is 0 Å². The minimum atomic E-state index is -3.68. The van der Waals surface area contributed by atoms with Gasteiger partial charge in [-0.1, -0.05) is 48.5 Å². The molecule has 1 aliphatic heterocycles. The Kier molecular flexibility index (Phi) is 6.45. The zero-order valence-corrected chi connectivity index (χ0v) is 19.6. The van der Waals surface area contributed by atoms with Gasteiger partial charge < -0.3 is 14.5 Å². The minimum Gasteiger partial charge on any atom is -0.436 e. The number of hydrogen-bond donors (Lipinski definition) is 1. The van der Waals surface area contributed by atoms with Crippen molar-refractivity contribution in [1.29, 1.82) is 0 Å². The Bertz CT molecular complexity index is 1440. The summed E-state index contributed by atoms with van der Waals surface area (Å²) in [7, 11) is -3.68. The third-order valence-electron chi connectivity index (χ3n) is 5.67. The van der Waals surface area contributed by atoms with E-state index < -0.39 is 15.9 Å². The molecular weight excluding hydrogens is 466 g/mol. The number of aromatic nitrogens is 1. The number of oxazole rings is 1. The van der Waals surface area contributed by atoms with Crippen LogP contribution >= 0.6 is 0 Å². The Labute approximate surface area is 203 Å². The monoisotopic (exact) mass is 489 g/mol. The minimum absolute atomic E-state index is 0.116. The Morgan fingerprint density at radius 1 is 0.914 bits per heavy atom. The van der Waals surface area contributed by atoms with Gasteiger partial charge in [0.15, 0.2) is 5.76 Å². The van der Waals surface area contributed by atoms with Crippen LogP contribution in [-0.4, -0.2) is 49.9 Å². The molecule has 0 atom stereocenters. The maximum Gasteiger partial charge on any atom is 0.256 e. The molecule has 4 aromatic rings. The van der Waals surface area contributed by atoms with Gasteiger partial charge in [-0.15, -0.1) is 0 Å². The van der Waals surface area contributed by atoms with Crippen molar-refractivity contribution in [3.63, 3.8) is 0 Å². The van der Waals surface area contributed by atoms with Gasteiger partial charge in [0.05, 0.1) is 29.9 Å². The van der Waals surface area contributed by atoms with E-state index >= 15 is 0 Å². The maximum atomic E-state index is 13.2. The average Bonchev–Trinajstić information content (AvgIpc) is 3.40. The van der Waals surface area contributed by atoms with Crippen LogP contribution in [0.25, 0.3) is 22.8 Å². The molecule has 1 fully saturated rings. The molecule has 9 heteroatoms. The first kappa shape index (κ1) is 23.0. The summed E-state index contributed by atoms with van der Waals surface area (Å²) in [6.45, 7) is 1.32. The summed E-state index contributed by atoms with van der Waals surface area (Å²) in [4.78, 5) is 17.7. The average molecular weight is 490 g/mol. The summed E-state index contributed by atoms with van der Waals surface area (Å²) < 4.78 is 38.6. The Morgan fingerprint density at radius 3 is 2.46 bits per heavy atom. The van der Waals surface area contributed by atoms with Crippen LogP contribution in [-0.2, 0) is 14.8 Å². The van der Waals surface area contributed by atoms with Crippen molar-refractivity contribution in [2.75, 3.05) is 31.6 Å². The maximum absolute atomic E-state index is 13.2. The molecular formula is C26H23N3O5S. The molecule has 0 radical (unpaired) electrons. The van der Waals surface area contributed by atoms with Crippen molar-refractivity contribution in [2.24, 2.45) is 0 Å². The highest BCUT2D eigenvalue weighted by molar-refractivity contribution is 7.89. The fourth-order valence-corrected chi connectivity index (χ4v) is 5.33. The number of benzene rings is 3. The lowest BCUT2D eigenvalue weighted by Crippen LogP contribution is -2.40. The Hall–Kier alpha value is -3.79. The number of carbonyl (C=O) groups excluding carboxylic acids is 1. The molecule has 1 aliphatic rings. The highest BCUT2D eigenvalue weighted by atomic mass is 32.2. The van der Waals surface area contributed by atoms with Crippen LogP contribution in [0.15, 0.2) is 94.4 Å². The van der Waals surface area contributed by atoms with Gasteiger partial charge in [-0.05, 0) is 30.3 Å². The highest BCUT2D eigenvalue weighted by Crippen LogP contribution is 2.29. The molecule has 8 nitrogen and oxygen atoms in total. The van der Waals surface area contributed by atoms with Crippen LogP contribution in [0.5, 0.6) is 0 Å². The molecule has 0 bridgehead atoms. The third-order valence-corrected chi connectivity index (χ3v) is 7.56. The molecule has 0 aliphatic carbocycles. The molecule has 2 heterocycles. The van der Waals surface area contributed by atoms with Crippen molar-refractivity contribution in [3.8, 4) is 22.8 Å². The fraction of sp³-hybridized carbons (Fsp3) is 0.154. The molecule has 1 N–H and O–H groups in total. The van der Waals surface area contributed by atoms with Gasteiger partial charge in [0.25, 0.3) is 5.91 Å². The predicted octanol–water partition coefficient (Wildman–Crippen LogP) is 4.28. The lowest BCUT2D eigenvalue weighted by molar-refractivity contribution is 0.0730. The number of rotatable bonds is 6.